The molecular formula is C11H17N3OS. The molecule has 0 radical (unpaired) electrons. The third kappa shape index (κ3) is 3.43. The maximum absolute atomic E-state index is 11.6. The predicted octanol–water partition coefficient (Wildman–Crippen LogP) is 2.11. The molecule has 1 rings (SSSR count). The molecule has 0 aromatic carbocycles. The zero-order valence-corrected chi connectivity index (χ0v) is 10.4. The first-order valence-electron chi connectivity index (χ1n) is 5.17. The minimum Gasteiger partial charge on any atom is -0.320 e. The van der Waals surface area contributed by atoms with Gasteiger partial charge in [-0.25, -0.2) is 4.98 Å². The van der Waals surface area contributed by atoms with Crippen LogP contribution in [-0.4, -0.2) is 16.9 Å². The van der Waals surface area contributed by atoms with Crippen molar-refractivity contribution in [1.29, 1.82) is 0 Å². The first kappa shape index (κ1) is 12.9. The van der Waals surface area contributed by atoms with Crippen LogP contribution in [-0.2, 0) is 4.79 Å². The van der Waals surface area contributed by atoms with Crippen molar-refractivity contribution in [3.8, 4) is 0 Å². The highest BCUT2D eigenvalue weighted by molar-refractivity contribution is 7.13. The van der Waals surface area contributed by atoms with Crippen molar-refractivity contribution >= 4 is 22.4 Å². The molecule has 1 heterocycles. The molecule has 88 valence electrons. The number of hydrogen-bond donors (Lipinski definition) is 2. The Labute approximate surface area is 99.6 Å². The van der Waals surface area contributed by atoms with E-state index in [4.69, 9.17) is 5.73 Å². The van der Waals surface area contributed by atoms with Crippen LogP contribution in [0.3, 0.4) is 0 Å². The van der Waals surface area contributed by atoms with Crippen molar-refractivity contribution < 1.29 is 4.79 Å². The molecule has 1 amide bonds. The minimum absolute atomic E-state index is 0.218. The van der Waals surface area contributed by atoms with Gasteiger partial charge in [0.05, 0.1) is 11.7 Å². The third-order valence-electron chi connectivity index (χ3n) is 2.10. The Kier molecular flexibility index (Phi) is 4.64. The molecule has 0 fully saturated rings. The summed E-state index contributed by atoms with van der Waals surface area (Å²) in [6, 6.07) is -0.552. The number of nitrogens with two attached hydrogens (primary N) is 1. The van der Waals surface area contributed by atoms with Gasteiger partial charge >= 0.3 is 0 Å². The number of carbonyl (C=O) groups excluding carboxylic acids is 1. The molecule has 0 aliphatic heterocycles. The average Bonchev–Trinajstić information content (AvgIpc) is 2.66. The standard InChI is InChI=1S/C11H17N3OS/c1-4-5-8(12)10(15)14-11-13-9(6-16-11)7(2)3/h4,6-8H,1,5,12H2,2-3H3,(H,13,14,15). The molecule has 1 atom stereocenters. The maximum Gasteiger partial charge on any atom is 0.243 e. The van der Waals surface area contributed by atoms with E-state index in [1.165, 1.54) is 11.3 Å². The summed E-state index contributed by atoms with van der Waals surface area (Å²) in [5, 5.41) is 5.25. The molecule has 1 aromatic heterocycles. The predicted molar refractivity (Wildman–Crippen MR) is 67.6 cm³/mol. The van der Waals surface area contributed by atoms with Gasteiger partial charge < -0.3 is 11.1 Å². The molecule has 5 heteroatoms. The van der Waals surface area contributed by atoms with Crippen molar-refractivity contribution in [2.45, 2.75) is 32.2 Å². The SMILES string of the molecule is C=CCC(N)C(=O)Nc1nc(C(C)C)cs1. The first-order valence-corrected chi connectivity index (χ1v) is 6.05. The van der Waals surface area contributed by atoms with E-state index in [0.717, 1.165) is 5.69 Å². The van der Waals surface area contributed by atoms with Gasteiger partial charge in [-0.05, 0) is 12.3 Å². The minimum atomic E-state index is -0.552. The Morgan fingerprint density at radius 3 is 2.94 bits per heavy atom. The highest BCUT2D eigenvalue weighted by Gasteiger charge is 2.14. The zero-order chi connectivity index (χ0) is 12.1. The van der Waals surface area contributed by atoms with Gasteiger partial charge in [0.15, 0.2) is 5.13 Å². The van der Waals surface area contributed by atoms with Crippen LogP contribution in [0.2, 0.25) is 0 Å². The van der Waals surface area contributed by atoms with E-state index >= 15 is 0 Å². The van der Waals surface area contributed by atoms with Crippen molar-refractivity contribution in [1.82, 2.24) is 4.98 Å². The number of nitrogens with zero attached hydrogens (tertiary/aromatic N) is 1. The molecule has 0 spiro atoms. The van der Waals surface area contributed by atoms with Crippen molar-refractivity contribution in [2.24, 2.45) is 5.73 Å². The van der Waals surface area contributed by atoms with Crippen LogP contribution in [0, 0.1) is 0 Å². The molecule has 1 aromatic rings. The summed E-state index contributed by atoms with van der Waals surface area (Å²) in [4.78, 5) is 15.9. The number of thiazole rings is 1. The van der Waals surface area contributed by atoms with Gasteiger partial charge in [0, 0.05) is 5.38 Å². The lowest BCUT2D eigenvalue weighted by Gasteiger charge is -2.07. The number of carbonyl (C=O) groups is 1. The number of rotatable bonds is 5. The van der Waals surface area contributed by atoms with Gasteiger partial charge in [-0.1, -0.05) is 19.9 Å². The largest absolute Gasteiger partial charge is 0.320 e. The number of hydrogen-bond acceptors (Lipinski definition) is 4. The van der Waals surface area contributed by atoms with Crippen molar-refractivity contribution in [2.75, 3.05) is 5.32 Å². The van der Waals surface area contributed by atoms with Crippen LogP contribution in [0.25, 0.3) is 0 Å². The van der Waals surface area contributed by atoms with Crippen LogP contribution >= 0.6 is 11.3 Å². The molecule has 3 N–H and O–H groups in total. The Morgan fingerprint density at radius 2 is 2.44 bits per heavy atom. The summed E-state index contributed by atoms with van der Waals surface area (Å²) in [6.07, 6.45) is 2.10. The summed E-state index contributed by atoms with van der Waals surface area (Å²) in [5.41, 5.74) is 6.62. The number of anilines is 1. The number of nitrogens with one attached hydrogen (secondary N) is 1. The molecule has 0 aliphatic carbocycles. The van der Waals surface area contributed by atoms with Crippen LogP contribution in [0.4, 0.5) is 5.13 Å². The second-order valence-corrected chi connectivity index (χ2v) is 4.71. The molecule has 16 heavy (non-hydrogen) atoms. The van der Waals surface area contributed by atoms with E-state index in [0.29, 0.717) is 17.5 Å². The van der Waals surface area contributed by atoms with E-state index in [9.17, 15) is 4.79 Å². The zero-order valence-electron chi connectivity index (χ0n) is 9.56. The summed E-state index contributed by atoms with van der Waals surface area (Å²) in [7, 11) is 0. The summed E-state index contributed by atoms with van der Waals surface area (Å²) in [6.45, 7) is 7.66. The molecular weight excluding hydrogens is 222 g/mol. The number of aromatic nitrogens is 1. The van der Waals surface area contributed by atoms with Gasteiger partial charge in [0.1, 0.15) is 0 Å². The Bertz CT molecular complexity index is 373. The van der Waals surface area contributed by atoms with Crippen LogP contribution in [0.1, 0.15) is 31.9 Å². The van der Waals surface area contributed by atoms with E-state index in [1.54, 1.807) is 6.08 Å². The summed E-state index contributed by atoms with van der Waals surface area (Å²) < 4.78 is 0. The Balaban J connectivity index is 2.59. The fourth-order valence-corrected chi connectivity index (χ4v) is 1.97. The normalized spacial score (nSPS) is 12.5. The van der Waals surface area contributed by atoms with Gasteiger partial charge in [0.25, 0.3) is 0 Å². The van der Waals surface area contributed by atoms with Crippen LogP contribution < -0.4 is 11.1 Å². The Hall–Kier alpha value is -1.20. The fraction of sp³-hybridized carbons (Fsp3) is 0.455. The lowest BCUT2D eigenvalue weighted by molar-refractivity contribution is -0.117. The highest BCUT2D eigenvalue weighted by atomic mass is 32.1. The summed E-state index contributed by atoms with van der Waals surface area (Å²) in [5.74, 6) is 0.147. The quantitative estimate of drug-likeness (QED) is 0.773. The van der Waals surface area contributed by atoms with E-state index in [-0.39, 0.29) is 5.91 Å². The first-order chi connectivity index (χ1) is 7.54. The topological polar surface area (TPSA) is 68.0 Å². The number of amides is 1. The fourth-order valence-electron chi connectivity index (χ4n) is 1.09. The maximum atomic E-state index is 11.6. The van der Waals surface area contributed by atoms with Gasteiger partial charge in [-0.15, -0.1) is 17.9 Å². The van der Waals surface area contributed by atoms with Crippen molar-refractivity contribution in [3.63, 3.8) is 0 Å². The molecule has 4 nitrogen and oxygen atoms in total. The van der Waals surface area contributed by atoms with Gasteiger partial charge in [0.2, 0.25) is 5.91 Å². The Morgan fingerprint density at radius 1 is 1.75 bits per heavy atom. The van der Waals surface area contributed by atoms with E-state index in [1.807, 2.05) is 5.38 Å². The lowest BCUT2D eigenvalue weighted by atomic mass is 10.2. The molecule has 1 unspecified atom stereocenters. The van der Waals surface area contributed by atoms with Crippen LogP contribution in [0.5, 0.6) is 0 Å². The molecule has 0 aliphatic rings. The van der Waals surface area contributed by atoms with E-state index in [2.05, 4.69) is 30.7 Å². The monoisotopic (exact) mass is 239 g/mol. The van der Waals surface area contributed by atoms with Crippen molar-refractivity contribution in [3.05, 3.63) is 23.7 Å². The molecule has 0 bridgehead atoms. The van der Waals surface area contributed by atoms with Gasteiger partial charge in [-0.3, -0.25) is 4.79 Å². The second-order valence-electron chi connectivity index (χ2n) is 3.85. The van der Waals surface area contributed by atoms with E-state index < -0.39 is 6.04 Å². The smallest absolute Gasteiger partial charge is 0.243 e. The second kappa shape index (κ2) is 5.77. The summed E-state index contributed by atoms with van der Waals surface area (Å²) >= 11 is 1.42. The average molecular weight is 239 g/mol. The lowest BCUT2D eigenvalue weighted by Crippen LogP contribution is -2.35. The molecule has 0 saturated heterocycles. The molecule has 0 saturated carbocycles. The third-order valence-corrected chi connectivity index (χ3v) is 2.88. The van der Waals surface area contributed by atoms with Crippen LogP contribution in [0.15, 0.2) is 18.0 Å². The highest BCUT2D eigenvalue weighted by Crippen LogP contribution is 2.21. The van der Waals surface area contributed by atoms with Gasteiger partial charge in [-0.2, -0.15) is 0 Å².